The van der Waals surface area contributed by atoms with Gasteiger partial charge in [0.15, 0.2) is 17.3 Å². The average Bonchev–Trinajstić information content (AvgIpc) is 3.15. The highest BCUT2D eigenvalue weighted by atomic mass is 32.2. The maximum atomic E-state index is 13.2. The zero-order chi connectivity index (χ0) is 23.8. The van der Waals surface area contributed by atoms with E-state index in [1.807, 2.05) is 36.6 Å². The standard InChI is InChI=1S/C24H27N3O5S/c1-4-31-23(30)19-21(26-24(33-3)27(19)15-17-11-7-5-8-12-17)25-22(29)20(32-16(2)28)18-13-9-6-10-14-18/h5-14,20,23,30H,4,15H2,1-3H3,(H,25,29). The predicted octanol–water partition coefficient (Wildman–Crippen LogP) is 3.92. The van der Waals surface area contributed by atoms with Crippen molar-refractivity contribution >= 4 is 29.5 Å². The van der Waals surface area contributed by atoms with Gasteiger partial charge in [-0.3, -0.25) is 9.59 Å². The Balaban J connectivity index is 2.00. The van der Waals surface area contributed by atoms with Crippen molar-refractivity contribution in [3.63, 3.8) is 0 Å². The molecule has 1 heterocycles. The van der Waals surface area contributed by atoms with Crippen molar-refractivity contribution in [2.24, 2.45) is 0 Å². The number of ether oxygens (including phenoxy) is 2. The maximum Gasteiger partial charge on any atom is 0.303 e. The molecule has 0 aliphatic carbocycles. The lowest BCUT2D eigenvalue weighted by atomic mass is 10.1. The van der Waals surface area contributed by atoms with Gasteiger partial charge in [-0.15, -0.1) is 0 Å². The second kappa shape index (κ2) is 11.6. The van der Waals surface area contributed by atoms with Gasteiger partial charge in [-0.05, 0) is 18.7 Å². The quantitative estimate of drug-likeness (QED) is 0.264. The normalized spacial score (nSPS) is 12.7. The summed E-state index contributed by atoms with van der Waals surface area (Å²) >= 11 is 1.38. The van der Waals surface area contributed by atoms with Gasteiger partial charge in [-0.2, -0.15) is 0 Å². The first-order chi connectivity index (χ1) is 15.9. The van der Waals surface area contributed by atoms with Gasteiger partial charge < -0.3 is 24.5 Å². The number of aromatic nitrogens is 2. The number of hydrogen-bond donors (Lipinski definition) is 2. The van der Waals surface area contributed by atoms with E-state index >= 15 is 0 Å². The number of anilines is 1. The molecule has 0 saturated heterocycles. The molecule has 2 aromatic carbocycles. The molecule has 1 amide bonds. The van der Waals surface area contributed by atoms with Crippen LogP contribution in [0, 0.1) is 0 Å². The van der Waals surface area contributed by atoms with Crippen LogP contribution in [-0.2, 0) is 25.6 Å². The summed E-state index contributed by atoms with van der Waals surface area (Å²) < 4.78 is 12.5. The van der Waals surface area contributed by atoms with Crippen LogP contribution < -0.4 is 5.32 Å². The molecule has 2 atom stereocenters. The van der Waals surface area contributed by atoms with Gasteiger partial charge >= 0.3 is 5.97 Å². The third-order valence-corrected chi connectivity index (χ3v) is 5.44. The van der Waals surface area contributed by atoms with Crippen molar-refractivity contribution in [2.75, 3.05) is 18.2 Å². The maximum absolute atomic E-state index is 13.2. The summed E-state index contributed by atoms with van der Waals surface area (Å²) in [5.41, 5.74) is 1.83. The number of hydrogen-bond acceptors (Lipinski definition) is 7. The van der Waals surface area contributed by atoms with E-state index in [0.29, 0.717) is 23.0 Å². The topological polar surface area (TPSA) is 103 Å². The highest BCUT2D eigenvalue weighted by molar-refractivity contribution is 7.98. The van der Waals surface area contributed by atoms with Crippen molar-refractivity contribution < 1.29 is 24.2 Å². The van der Waals surface area contributed by atoms with E-state index in [9.17, 15) is 14.7 Å². The van der Waals surface area contributed by atoms with Gasteiger partial charge in [0.1, 0.15) is 5.69 Å². The van der Waals surface area contributed by atoms with Crippen LogP contribution >= 0.6 is 11.8 Å². The Bertz CT molecular complexity index is 1070. The highest BCUT2D eigenvalue weighted by Crippen LogP contribution is 2.31. The second-order valence-electron chi connectivity index (χ2n) is 7.10. The largest absolute Gasteiger partial charge is 0.447 e. The van der Waals surface area contributed by atoms with Crippen LogP contribution in [-0.4, -0.2) is 39.4 Å². The fourth-order valence-electron chi connectivity index (χ4n) is 3.35. The van der Waals surface area contributed by atoms with Crippen LogP contribution in [0.2, 0.25) is 0 Å². The lowest BCUT2D eigenvalue weighted by Crippen LogP contribution is -2.26. The van der Waals surface area contributed by atoms with Crippen molar-refractivity contribution in [1.29, 1.82) is 0 Å². The van der Waals surface area contributed by atoms with Gasteiger partial charge in [-0.1, -0.05) is 72.4 Å². The summed E-state index contributed by atoms with van der Waals surface area (Å²) in [5, 5.41) is 14.1. The third-order valence-electron chi connectivity index (χ3n) is 4.76. The van der Waals surface area contributed by atoms with Crippen molar-refractivity contribution in [1.82, 2.24) is 9.55 Å². The number of benzene rings is 2. The minimum Gasteiger partial charge on any atom is -0.447 e. The number of aliphatic hydroxyl groups is 1. The van der Waals surface area contributed by atoms with E-state index in [0.717, 1.165) is 5.56 Å². The molecule has 0 aliphatic rings. The van der Waals surface area contributed by atoms with E-state index < -0.39 is 24.3 Å². The Morgan fingerprint density at radius 3 is 2.33 bits per heavy atom. The molecule has 174 valence electrons. The van der Waals surface area contributed by atoms with Crippen molar-refractivity contribution in [3.05, 3.63) is 77.5 Å². The molecule has 8 nitrogen and oxygen atoms in total. The van der Waals surface area contributed by atoms with Crippen LogP contribution in [0.4, 0.5) is 5.82 Å². The molecular formula is C24H27N3O5S. The SMILES string of the molecule is CCOC(O)c1c(NC(=O)C(OC(C)=O)c2ccccc2)nc(SC)n1Cc1ccccc1. The molecule has 0 fully saturated rings. The lowest BCUT2D eigenvalue weighted by Gasteiger charge is -2.19. The van der Waals surface area contributed by atoms with Gasteiger partial charge in [0.2, 0.25) is 6.10 Å². The molecule has 0 aliphatic heterocycles. The molecule has 0 bridgehead atoms. The molecule has 0 saturated carbocycles. The Kier molecular flexibility index (Phi) is 8.65. The molecule has 9 heteroatoms. The summed E-state index contributed by atoms with van der Waals surface area (Å²) in [6.07, 6.45) is -0.623. The number of esters is 1. The van der Waals surface area contributed by atoms with Crippen molar-refractivity contribution in [2.45, 2.75) is 37.9 Å². The number of aliphatic hydroxyl groups excluding tert-OH is 1. The molecule has 3 aromatic rings. The van der Waals surface area contributed by atoms with E-state index in [1.54, 1.807) is 41.8 Å². The predicted molar refractivity (Wildman–Crippen MR) is 126 cm³/mol. The Hall–Kier alpha value is -3.14. The lowest BCUT2D eigenvalue weighted by molar-refractivity contribution is -0.152. The first kappa shape index (κ1) is 24.5. The fraction of sp³-hybridized carbons (Fsp3) is 0.292. The number of nitrogens with zero attached hydrogens (tertiary/aromatic N) is 2. The molecule has 3 rings (SSSR count). The zero-order valence-electron chi connectivity index (χ0n) is 18.7. The molecule has 33 heavy (non-hydrogen) atoms. The summed E-state index contributed by atoms with van der Waals surface area (Å²) in [6.45, 7) is 3.69. The molecule has 0 radical (unpaired) electrons. The Morgan fingerprint density at radius 2 is 1.76 bits per heavy atom. The monoisotopic (exact) mass is 469 g/mol. The number of carbonyl (C=O) groups excluding carboxylic acids is 2. The van der Waals surface area contributed by atoms with Gasteiger partial charge in [0, 0.05) is 19.1 Å². The van der Waals surface area contributed by atoms with E-state index in [4.69, 9.17) is 9.47 Å². The smallest absolute Gasteiger partial charge is 0.303 e. The first-order valence-electron chi connectivity index (χ1n) is 10.5. The highest BCUT2D eigenvalue weighted by Gasteiger charge is 2.29. The fourth-order valence-corrected chi connectivity index (χ4v) is 3.91. The van der Waals surface area contributed by atoms with Crippen LogP contribution in [0.5, 0.6) is 0 Å². The second-order valence-corrected chi connectivity index (χ2v) is 7.87. The van der Waals surface area contributed by atoms with Gasteiger partial charge in [0.25, 0.3) is 5.91 Å². The number of thioether (sulfide) groups is 1. The molecule has 0 spiro atoms. The number of amides is 1. The molecule has 2 N–H and O–H groups in total. The van der Waals surface area contributed by atoms with Gasteiger partial charge in [-0.25, -0.2) is 4.98 Å². The molecular weight excluding hydrogens is 442 g/mol. The number of rotatable bonds is 10. The number of nitrogens with one attached hydrogen (secondary N) is 1. The summed E-state index contributed by atoms with van der Waals surface area (Å²) in [4.78, 5) is 29.4. The third kappa shape index (κ3) is 6.22. The first-order valence-corrected chi connectivity index (χ1v) is 11.7. The van der Waals surface area contributed by atoms with Crippen molar-refractivity contribution in [3.8, 4) is 0 Å². The molecule has 2 unspecified atom stereocenters. The Labute approximate surface area is 196 Å². The van der Waals surface area contributed by atoms with Crippen LogP contribution in [0.3, 0.4) is 0 Å². The summed E-state index contributed by atoms with van der Waals surface area (Å²) in [6, 6.07) is 18.4. The number of imidazole rings is 1. The average molecular weight is 470 g/mol. The minimum absolute atomic E-state index is 0.148. The van der Waals surface area contributed by atoms with E-state index in [2.05, 4.69) is 10.3 Å². The summed E-state index contributed by atoms with van der Waals surface area (Å²) in [5.74, 6) is -1.03. The van der Waals surface area contributed by atoms with E-state index in [-0.39, 0.29) is 12.4 Å². The minimum atomic E-state index is -1.31. The number of carbonyl (C=O) groups is 2. The summed E-state index contributed by atoms with van der Waals surface area (Å²) in [7, 11) is 0. The zero-order valence-corrected chi connectivity index (χ0v) is 19.5. The van der Waals surface area contributed by atoms with Crippen LogP contribution in [0.1, 0.15) is 43.1 Å². The van der Waals surface area contributed by atoms with Gasteiger partial charge in [0.05, 0.1) is 6.54 Å². The van der Waals surface area contributed by atoms with E-state index in [1.165, 1.54) is 18.7 Å². The van der Waals surface area contributed by atoms with Crippen LogP contribution in [0.15, 0.2) is 65.8 Å². The molecule has 1 aromatic heterocycles. The van der Waals surface area contributed by atoms with Crippen LogP contribution in [0.25, 0.3) is 0 Å². The Morgan fingerprint density at radius 1 is 1.12 bits per heavy atom.